The van der Waals surface area contributed by atoms with E-state index in [9.17, 15) is 5.26 Å². The maximum absolute atomic E-state index is 9.44. The van der Waals surface area contributed by atoms with Gasteiger partial charge in [-0.1, -0.05) is 36.6 Å². The number of nitriles is 1. The van der Waals surface area contributed by atoms with Crippen LogP contribution in [0, 0.1) is 17.2 Å². The molecule has 0 aliphatic heterocycles. The van der Waals surface area contributed by atoms with Crippen molar-refractivity contribution in [3.05, 3.63) is 29.3 Å². The molecule has 1 N–H and O–H groups in total. The Morgan fingerprint density at radius 3 is 2.59 bits per heavy atom. The van der Waals surface area contributed by atoms with E-state index in [0.717, 1.165) is 18.5 Å². The molecule has 1 fully saturated rings. The highest BCUT2D eigenvalue weighted by Gasteiger charge is 2.36. The fourth-order valence-electron chi connectivity index (χ4n) is 2.57. The summed E-state index contributed by atoms with van der Waals surface area (Å²) < 4.78 is 0. The molecule has 1 aromatic rings. The normalized spacial score (nSPS) is 19.6. The molecular weight excluding hydrogens is 232 g/mol. The van der Waals surface area contributed by atoms with E-state index in [4.69, 9.17) is 11.6 Å². The SMILES string of the molecule is CC(C#N)(Nc1ccccc1Cl)C1CCCC1. The first-order chi connectivity index (χ1) is 8.15. The van der Waals surface area contributed by atoms with Crippen molar-refractivity contribution < 1.29 is 0 Å². The highest BCUT2D eigenvalue weighted by molar-refractivity contribution is 6.33. The first-order valence-corrected chi connectivity index (χ1v) is 6.47. The second-order valence-electron chi connectivity index (χ2n) is 4.90. The first-order valence-electron chi connectivity index (χ1n) is 6.10. The first kappa shape index (κ1) is 12.3. The van der Waals surface area contributed by atoms with Gasteiger partial charge in [-0.15, -0.1) is 0 Å². The van der Waals surface area contributed by atoms with Crippen molar-refractivity contribution >= 4 is 17.3 Å². The smallest absolute Gasteiger partial charge is 0.125 e. The third kappa shape index (κ3) is 2.56. The van der Waals surface area contributed by atoms with E-state index in [1.807, 2.05) is 31.2 Å². The van der Waals surface area contributed by atoms with Crippen LogP contribution in [0.4, 0.5) is 5.69 Å². The molecule has 1 atom stereocenters. The van der Waals surface area contributed by atoms with Gasteiger partial charge >= 0.3 is 0 Å². The van der Waals surface area contributed by atoms with Crippen LogP contribution in [0.5, 0.6) is 0 Å². The van der Waals surface area contributed by atoms with Crippen LogP contribution < -0.4 is 5.32 Å². The molecule has 1 aromatic carbocycles. The van der Waals surface area contributed by atoms with Crippen molar-refractivity contribution in [3.63, 3.8) is 0 Å². The largest absolute Gasteiger partial charge is 0.366 e. The summed E-state index contributed by atoms with van der Waals surface area (Å²) in [6.45, 7) is 1.98. The van der Waals surface area contributed by atoms with Gasteiger partial charge in [0.15, 0.2) is 0 Å². The van der Waals surface area contributed by atoms with Gasteiger partial charge in [0.2, 0.25) is 0 Å². The van der Waals surface area contributed by atoms with Crippen molar-refractivity contribution in [1.82, 2.24) is 0 Å². The van der Waals surface area contributed by atoms with E-state index in [1.54, 1.807) is 0 Å². The topological polar surface area (TPSA) is 35.8 Å². The number of nitrogens with one attached hydrogen (secondary N) is 1. The standard InChI is InChI=1S/C14H17ClN2/c1-14(10-16,11-6-2-3-7-11)17-13-9-5-4-8-12(13)15/h4-5,8-9,11,17H,2-3,6-7H2,1H3. The Kier molecular flexibility index (Phi) is 3.59. The minimum Gasteiger partial charge on any atom is -0.366 e. The predicted octanol–water partition coefficient (Wildman–Crippen LogP) is 4.22. The van der Waals surface area contributed by atoms with E-state index in [2.05, 4.69) is 11.4 Å². The molecular formula is C14H17ClN2. The number of para-hydroxylation sites is 1. The van der Waals surface area contributed by atoms with Crippen LogP contribution in [-0.2, 0) is 0 Å². The Morgan fingerprint density at radius 1 is 1.35 bits per heavy atom. The second-order valence-corrected chi connectivity index (χ2v) is 5.31. The van der Waals surface area contributed by atoms with Crippen molar-refractivity contribution in [1.29, 1.82) is 5.26 Å². The van der Waals surface area contributed by atoms with Crippen molar-refractivity contribution in [2.24, 2.45) is 5.92 Å². The van der Waals surface area contributed by atoms with Crippen LogP contribution in [0.25, 0.3) is 0 Å². The molecule has 0 spiro atoms. The summed E-state index contributed by atoms with van der Waals surface area (Å²) in [4.78, 5) is 0. The van der Waals surface area contributed by atoms with Gasteiger partial charge in [0.1, 0.15) is 5.54 Å². The molecule has 0 bridgehead atoms. The molecule has 17 heavy (non-hydrogen) atoms. The van der Waals surface area contributed by atoms with Gasteiger partial charge in [0.25, 0.3) is 0 Å². The zero-order chi connectivity index (χ0) is 12.3. The third-order valence-electron chi connectivity index (χ3n) is 3.67. The molecule has 0 amide bonds. The molecule has 1 unspecified atom stereocenters. The molecule has 1 saturated carbocycles. The fraction of sp³-hybridized carbons (Fsp3) is 0.500. The quantitative estimate of drug-likeness (QED) is 0.869. The molecule has 90 valence electrons. The summed E-state index contributed by atoms with van der Waals surface area (Å²) in [6.07, 6.45) is 4.71. The molecule has 0 aromatic heterocycles. The summed E-state index contributed by atoms with van der Waals surface area (Å²) in [5.41, 5.74) is 0.340. The summed E-state index contributed by atoms with van der Waals surface area (Å²) in [6, 6.07) is 10.0. The number of hydrogen-bond donors (Lipinski definition) is 1. The van der Waals surface area contributed by atoms with Crippen LogP contribution in [-0.4, -0.2) is 5.54 Å². The predicted molar refractivity (Wildman–Crippen MR) is 71.1 cm³/mol. The van der Waals surface area contributed by atoms with Gasteiger partial charge in [-0.3, -0.25) is 0 Å². The Balaban J connectivity index is 2.20. The lowest BCUT2D eigenvalue weighted by Crippen LogP contribution is -2.40. The number of anilines is 1. The molecule has 0 saturated heterocycles. The van der Waals surface area contributed by atoms with Crippen molar-refractivity contribution in [2.75, 3.05) is 5.32 Å². The van der Waals surface area contributed by atoms with Crippen LogP contribution >= 0.6 is 11.6 Å². The Morgan fingerprint density at radius 2 is 2.00 bits per heavy atom. The molecule has 1 aliphatic carbocycles. The average molecular weight is 249 g/mol. The van der Waals surface area contributed by atoms with Gasteiger partial charge in [-0.25, -0.2) is 0 Å². The van der Waals surface area contributed by atoms with Crippen LogP contribution in [0.1, 0.15) is 32.6 Å². The van der Waals surface area contributed by atoms with E-state index in [1.165, 1.54) is 12.8 Å². The van der Waals surface area contributed by atoms with Gasteiger partial charge in [-0.05, 0) is 37.8 Å². The average Bonchev–Trinajstić information content (AvgIpc) is 2.86. The van der Waals surface area contributed by atoms with E-state index < -0.39 is 5.54 Å². The minimum absolute atomic E-state index is 0.420. The lowest BCUT2D eigenvalue weighted by molar-refractivity contribution is 0.404. The molecule has 1 aliphatic rings. The number of benzene rings is 1. The lowest BCUT2D eigenvalue weighted by atomic mass is 9.85. The van der Waals surface area contributed by atoms with Gasteiger partial charge in [0.05, 0.1) is 16.8 Å². The van der Waals surface area contributed by atoms with Crippen molar-refractivity contribution in [2.45, 2.75) is 38.1 Å². The Labute approximate surface area is 108 Å². The number of nitrogens with zero attached hydrogens (tertiary/aromatic N) is 1. The molecule has 2 nitrogen and oxygen atoms in total. The van der Waals surface area contributed by atoms with Gasteiger partial charge < -0.3 is 5.32 Å². The number of hydrogen-bond acceptors (Lipinski definition) is 2. The minimum atomic E-state index is -0.512. The number of halogens is 1. The number of rotatable bonds is 3. The zero-order valence-corrected chi connectivity index (χ0v) is 10.8. The Bertz CT molecular complexity index is 432. The van der Waals surface area contributed by atoms with E-state index in [0.29, 0.717) is 10.9 Å². The zero-order valence-electron chi connectivity index (χ0n) is 10.0. The van der Waals surface area contributed by atoms with E-state index in [-0.39, 0.29) is 0 Å². The Hall–Kier alpha value is -1.20. The van der Waals surface area contributed by atoms with E-state index >= 15 is 0 Å². The summed E-state index contributed by atoms with van der Waals surface area (Å²) in [5.74, 6) is 0.420. The molecule has 2 rings (SSSR count). The fourth-order valence-corrected chi connectivity index (χ4v) is 2.75. The van der Waals surface area contributed by atoms with Gasteiger partial charge in [0, 0.05) is 0 Å². The maximum Gasteiger partial charge on any atom is 0.125 e. The summed E-state index contributed by atoms with van der Waals surface area (Å²) >= 11 is 6.12. The summed E-state index contributed by atoms with van der Waals surface area (Å²) in [7, 11) is 0. The molecule has 0 heterocycles. The van der Waals surface area contributed by atoms with Gasteiger partial charge in [-0.2, -0.15) is 5.26 Å². The van der Waals surface area contributed by atoms with Crippen molar-refractivity contribution in [3.8, 4) is 6.07 Å². The highest BCUT2D eigenvalue weighted by Crippen LogP contribution is 2.37. The van der Waals surface area contributed by atoms with Crippen LogP contribution in [0.2, 0.25) is 5.02 Å². The molecule has 3 heteroatoms. The third-order valence-corrected chi connectivity index (χ3v) is 4.00. The van der Waals surface area contributed by atoms with Crippen LogP contribution in [0.15, 0.2) is 24.3 Å². The highest BCUT2D eigenvalue weighted by atomic mass is 35.5. The molecule has 0 radical (unpaired) electrons. The van der Waals surface area contributed by atoms with Crippen LogP contribution in [0.3, 0.4) is 0 Å². The monoisotopic (exact) mass is 248 g/mol. The maximum atomic E-state index is 9.44. The summed E-state index contributed by atoms with van der Waals surface area (Å²) in [5, 5.41) is 13.4. The second kappa shape index (κ2) is 4.98. The lowest BCUT2D eigenvalue weighted by Gasteiger charge is -2.31.